The molecule has 13 heavy (non-hydrogen) atoms. The average Bonchev–Trinajstić information content (AvgIpc) is 2.35. The second-order valence-corrected chi connectivity index (χ2v) is 3.05. The number of aromatic nitrogens is 4. The highest BCUT2D eigenvalue weighted by atomic mass is 16.1. The Morgan fingerprint density at radius 3 is 2.77 bits per heavy atom. The summed E-state index contributed by atoms with van der Waals surface area (Å²) < 4.78 is 3.01. The van der Waals surface area contributed by atoms with Crippen LogP contribution in [-0.4, -0.2) is 19.2 Å². The van der Waals surface area contributed by atoms with Crippen LogP contribution in [0.5, 0.6) is 0 Å². The molecule has 2 aromatic heterocycles. The number of imidazole rings is 1. The standard InChI is InChI=1S/C8H10N4O/c1-5-7-8(13)11(3)4-9-12(7)6(2)10-5/h4H,1-3H3. The highest BCUT2D eigenvalue weighted by Gasteiger charge is 2.09. The first-order valence-corrected chi connectivity index (χ1v) is 3.99. The van der Waals surface area contributed by atoms with E-state index in [1.807, 2.05) is 13.8 Å². The Morgan fingerprint density at radius 1 is 1.38 bits per heavy atom. The van der Waals surface area contributed by atoms with Crippen molar-refractivity contribution in [3.05, 3.63) is 28.2 Å². The molecule has 0 radical (unpaired) electrons. The maximum Gasteiger partial charge on any atom is 0.279 e. The van der Waals surface area contributed by atoms with Crippen molar-refractivity contribution >= 4 is 5.52 Å². The van der Waals surface area contributed by atoms with Crippen LogP contribution in [0.25, 0.3) is 5.52 Å². The lowest BCUT2D eigenvalue weighted by Gasteiger charge is -1.97. The van der Waals surface area contributed by atoms with Gasteiger partial charge in [-0.1, -0.05) is 0 Å². The molecule has 0 saturated heterocycles. The lowest BCUT2D eigenvalue weighted by Crippen LogP contribution is -2.20. The summed E-state index contributed by atoms with van der Waals surface area (Å²) in [7, 11) is 1.68. The van der Waals surface area contributed by atoms with Crippen LogP contribution in [-0.2, 0) is 7.05 Å². The van der Waals surface area contributed by atoms with Gasteiger partial charge in [0.1, 0.15) is 12.2 Å². The quantitative estimate of drug-likeness (QED) is 0.572. The molecule has 68 valence electrons. The first-order chi connectivity index (χ1) is 6.11. The third kappa shape index (κ3) is 0.965. The first-order valence-electron chi connectivity index (χ1n) is 3.99. The van der Waals surface area contributed by atoms with Gasteiger partial charge in [-0.2, -0.15) is 5.10 Å². The third-order valence-electron chi connectivity index (χ3n) is 2.05. The molecule has 0 spiro atoms. The fraction of sp³-hybridized carbons (Fsp3) is 0.375. The molecule has 5 nitrogen and oxygen atoms in total. The molecule has 0 fully saturated rings. The Balaban J connectivity index is 3.08. The fourth-order valence-electron chi connectivity index (χ4n) is 1.39. The van der Waals surface area contributed by atoms with E-state index < -0.39 is 0 Å². The minimum absolute atomic E-state index is 0.0619. The number of rotatable bonds is 0. The molecule has 0 saturated carbocycles. The fourth-order valence-corrected chi connectivity index (χ4v) is 1.39. The van der Waals surface area contributed by atoms with Crippen LogP contribution >= 0.6 is 0 Å². The van der Waals surface area contributed by atoms with Gasteiger partial charge in [0, 0.05) is 7.05 Å². The largest absolute Gasteiger partial charge is 0.299 e. The topological polar surface area (TPSA) is 52.2 Å². The molecular formula is C8H10N4O. The summed E-state index contributed by atoms with van der Waals surface area (Å²) in [6.45, 7) is 3.64. The molecule has 0 bridgehead atoms. The Labute approximate surface area is 74.6 Å². The second kappa shape index (κ2) is 2.42. The van der Waals surface area contributed by atoms with Crippen LogP contribution < -0.4 is 5.56 Å². The molecule has 0 unspecified atom stereocenters. The van der Waals surface area contributed by atoms with Gasteiger partial charge in [-0.05, 0) is 13.8 Å². The Morgan fingerprint density at radius 2 is 2.08 bits per heavy atom. The lowest BCUT2D eigenvalue weighted by molar-refractivity contribution is 0.749. The van der Waals surface area contributed by atoms with Gasteiger partial charge in [0.2, 0.25) is 0 Å². The van der Waals surface area contributed by atoms with Gasteiger partial charge in [-0.25, -0.2) is 9.50 Å². The van der Waals surface area contributed by atoms with Gasteiger partial charge >= 0.3 is 0 Å². The predicted octanol–water partition coefficient (Wildman–Crippen LogP) is 0.0448. The van der Waals surface area contributed by atoms with Crippen LogP contribution in [0.3, 0.4) is 0 Å². The number of hydrogen-bond donors (Lipinski definition) is 0. The monoisotopic (exact) mass is 178 g/mol. The van der Waals surface area contributed by atoms with Crippen molar-refractivity contribution in [3.8, 4) is 0 Å². The summed E-state index contributed by atoms with van der Waals surface area (Å²) in [5.74, 6) is 0.741. The first kappa shape index (κ1) is 7.97. The highest BCUT2D eigenvalue weighted by Crippen LogP contribution is 2.04. The molecular weight excluding hydrogens is 168 g/mol. The highest BCUT2D eigenvalue weighted by molar-refractivity contribution is 5.49. The van der Waals surface area contributed by atoms with Crippen molar-refractivity contribution in [3.63, 3.8) is 0 Å². The van der Waals surface area contributed by atoms with E-state index in [4.69, 9.17) is 0 Å². The van der Waals surface area contributed by atoms with Crippen LogP contribution in [0.15, 0.2) is 11.1 Å². The van der Waals surface area contributed by atoms with Crippen molar-refractivity contribution in [2.45, 2.75) is 13.8 Å². The van der Waals surface area contributed by atoms with Gasteiger partial charge in [-0.3, -0.25) is 9.36 Å². The van der Waals surface area contributed by atoms with Crippen LogP contribution in [0, 0.1) is 13.8 Å². The summed E-state index contributed by atoms with van der Waals surface area (Å²) >= 11 is 0. The summed E-state index contributed by atoms with van der Waals surface area (Å²) in [4.78, 5) is 15.8. The van der Waals surface area contributed by atoms with E-state index in [1.54, 1.807) is 11.6 Å². The van der Waals surface area contributed by atoms with Crippen molar-refractivity contribution in [1.82, 2.24) is 19.2 Å². The summed E-state index contributed by atoms with van der Waals surface area (Å²) in [5, 5.41) is 4.08. The predicted molar refractivity (Wildman–Crippen MR) is 47.7 cm³/mol. The van der Waals surface area contributed by atoms with Gasteiger partial charge in [0.05, 0.1) is 5.69 Å². The normalized spacial score (nSPS) is 11.0. The van der Waals surface area contributed by atoms with Crippen molar-refractivity contribution in [2.24, 2.45) is 7.05 Å². The Bertz CT molecular complexity index is 523. The van der Waals surface area contributed by atoms with Crippen LogP contribution in [0.4, 0.5) is 0 Å². The maximum absolute atomic E-state index is 11.6. The zero-order valence-corrected chi connectivity index (χ0v) is 7.77. The van der Waals surface area contributed by atoms with E-state index in [0.717, 1.165) is 11.5 Å². The SMILES string of the molecule is Cc1nc(C)n2ncn(C)c(=O)c12. The minimum atomic E-state index is -0.0619. The summed E-state index contributed by atoms with van der Waals surface area (Å²) in [6.07, 6.45) is 1.49. The molecule has 0 N–H and O–H groups in total. The molecule has 0 aromatic carbocycles. The molecule has 2 rings (SSSR count). The average molecular weight is 178 g/mol. The van der Waals surface area contributed by atoms with Gasteiger partial charge < -0.3 is 0 Å². The minimum Gasteiger partial charge on any atom is -0.299 e. The molecule has 2 aromatic rings. The molecule has 0 aliphatic rings. The summed E-state index contributed by atoms with van der Waals surface area (Å²) in [6, 6.07) is 0. The number of nitrogens with zero attached hydrogens (tertiary/aromatic N) is 4. The van der Waals surface area contributed by atoms with E-state index in [9.17, 15) is 4.79 Å². The van der Waals surface area contributed by atoms with E-state index >= 15 is 0 Å². The molecule has 2 heterocycles. The molecule has 0 amide bonds. The second-order valence-electron chi connectivity index (χ2n) is 3.05. The van der Waals surface area contributed by atoms with E-state index in [-0.39, 0.29) is 5.56 Å². The van der Waals surface area contributed by atoms with Crippen LogP contribution in [0.2, 0.25) is 0 Å². The van der Waals surface area contributed by atoms with E-state index in [2.05, 4.69) is 10.1 Å². The smallest absolute Gasteiger partial charge is 0.279 e. The van der Waals surface area contributed by atoms with E-state index in [0.29, 0.717) is 5.52 Å². The van der Waals surface area contributed by atoms with Crippen molar-refractivity contribution in [1.29, 1.82) is 0 Å². The summed E-state index contributed by atoms with van der Waals surface area (Å²) in [5.41, 5.74) is 1.22. The van der Waals surface area contributed by atoms with Gasteiger partial charge in [0.15, 0.2) is 5.52 Å². The van der Waals surface area contributed by atoms with Crippen LogP contribution in [0.1, 0.15) is 11.5 Å². The zero-order chi connectivity index (χ0) is 9.59. The molecule has 5 heteroatoms. The van der Waals surface area contributed by atoms with Gasteiger partial charge in [0.25, 0.3) is 5.56 Å². The Kier molecular flexibility index (Phi) is 1.48. The molecule has 0 atom stereocenters. The number of aryl methyl sites for hydroxylation is 3. The lowest BCUT2D eigenvalue weighted by atomic mass is 10.4. The third-order valence-corrected chi connectivity index (χ3v) is 2.05. The maximum atomic E-state index is 11.6. The van der Waals surface area contributed by atoms with Crippen molar-refractivity contribution in [2.75, 3.05) is 0 Å². The Hall–Kier alpha value is -1.65. The number of fused-ring (bicyclic) bond motifs is 1. The number of hydrogen-bond acceptors (Lipinski definition) is 3. The molecule has 0 aliphatic heterocycles. The molecule has 0 aliphatic carbocycles. The van der Waals surface area contributed by atoms with Gasteiger partial charge in [-0.15, -0.1) is 0 Å². The van der Waals surface area contributed by atoms with E-state index in [1.165, 1.54) is 10.9 Å². The zero-order valence-electron chi connectivity index (χ0n) is 7.77. The van der Waals surface area contributed by atoms with Crippen molar-refractivity contribution < 1.29 is 0 Å².